The lowest BCUT2D eigenvalue weighted by Gasteiger charge is -2.36. The molecule has 2 heteroatoms. The Morgan fingerprint density at radius 2 is 0.738 bits per heavy atom. The van der Waals surface area contributed by atoms with Crippen molar-refractivity contribution in [1.82, 2.24) is 0 Å². The lowest BCUT2D eigenvalue weighted by atomic mass is 9.69. The fraction of sp³-hybridized carbons (Fsp3) is 0.0169. The van der Waals surface area contributed by atoms with Gasteiger partial charge in [0.05, 0.1) is 16.8 Å². The van der Waals surface area contributed by atoms with E-state index in [1.807, 2.05) is 0 Å². The minimum atomic E-state index is -0.630. The molecule has 2 aliphatic rings. The van der Waals surface area contributed by atoms with E-state index in [9.17, 15) is 0 Å². The number of anilines is 6. The summed E-state index contributed by atoms with van der Waals surface area (Å²) in [4.78, 5) is 4.93. The van der Waals surface area contributed by atoms with Crippen molar-refractivity contribution in [3.05, 3.63) is 265 Å². The number of nitrogens with zero attached hydrogens (tertiary/aromatic N) is 2. The smallest absolute Gasteiger partial charge is 0.0747 e. The van der Waals surface area contributed by atoms with Crippen molar-refractivity contribution in [3.8, 4) is 33.4 Å². The second-order valence-electron chi connectivity index (χ2n) is 16.0. The maximum atomic E-state index is 2.48. The highest BCUT2D eigenvalue weighted by atomic mass is 15.2. The Bertz CT molecular complexity index is 3190. The zero-order valence-corrected chi connectivity index (χ0v) is 33.5. The monoisotopic (exact) mass is 776 g/mol. The fourth-order valence-corrected chi connectivity index (χ4v) is 10.4. The molecule has 1 atom stereocenters. The average Bonchev–Trinajstić information content (AvgIpc) is 3.82. The quantitative estimate of drug-likeness (QED) is 0.159. The maximum absolute atomic E-state index is 2.48. The van der Waals surface area contributed by atoms with Crippen LogP contribution in [0.15, 0.2) is 243 Å². The summed E-state index contributed by atoms with van der Waals surface area (Å²) in [5.74, 6) is 0. The summed E-state index contributed by atoms with van der Waals surface area (Å²) in [6.45, 7) is 0. The summed E-state index contributed by atoms with van der Waals surface area (Å²) in [6, 6.07) is 89.0. The third kappa shape index (κ3) is 5.29. The van der Waals surface area contributed by atoms with Crippen LogP contribution in [-0.4, -0.2) is 0 Å². The van der Waals surface area contributed by atoms with Crippen LogP contribution in [0.25, 0.3) is 44.2 Å². The van der Waals surface area contributed by atoms with Gasteiger partial charge in [-0.15, -0.1) is 0 Å². The van der Waals surface area contributed by atoms with Crippen molar-refractivity contribution in [1.29, 1.82) is 0 Å². The summed E-state index contributed by atoms with van der Waals surface area (Å²) < 4.78 is 0. The Morgan fingerprint density at radius 1 is 0.295 bits per heavy atom. The Morgan fingerprint density at radius 3 is 1.34 bits per heavy atom. The van der Waals surface area contributed by atoms with Crippen LogP contribution in [0, 0.1) is 0 Å². The molecule has 0 radical (unpaired) electrons. The van der Waals surface area contributed by atoms with Crippen molar-refractivity contribution in [2.75, 3.05) is 9.80 Å². The molecular weight excluding hydrogens is 737 g/mol. The van der Waals surface area contributed by atoms with Crippen LogP contribution >= 0.6 is 0 Å². The molecule has 286 valence electrons. The number of fused-ring (bicyclic) bond motifs is 12. The molecule has 2 nitrogen and oxygen atoms in total. The van der Waals surface area contributed by atoms with Crippen LogP contribution in [0.2, 0.25) is 0 Å². The van der Waals surface area contributed by atoms with Gasteiger partial charge in [0.1, 0.15) is 0 Å². The highest BCUT2D eigenvalue weighted by Crippen LogP contribution is 2.68. The summed E-state index contributed by atoms with van der Waals surface area (Å²) >= 11 is 0. The zero-order valence-electron chi connectivity index (χ0n) is 33.5. The van der Waals surface area contributed by atoms with Crippen LogP contribution in [0.1, 0.15) is 22.3 Å². The lowest BCUT2D eigenvalue weighted by Crippen LogP contribution is -2.28. The van der Waals surface area contributed by atoms with Crippen LogP contribution in [0.4, 0.5) is 34.1 Å². The van der Waals surface area contributed by atoms with E-state index in [1.165, 1.54) is 72.1 Å². The summed E-state index contributed by atoms with van der Waals surface area (Å²) in [7, 11) is 0. The van der Waals surface area contributed by atoms with Crippen molar-refractivity contribution in [2.24, 2.45) is 0 Å². The van der Waals surface area contributed by atoms with Gasteiger partial charge < -0.3 is 9.80 Å². The lowest BCUT2D eigenvalue weighted by molar-refractivity contribution is 0.793. The third-order valence-corrected chi connectivity index (χ3v) is 12.8. The molecule has 2 aliphatic carbocycles. The van der Waals surface area contributed by atoms with Crippen molar-refractivity contribution < 1.29 is 0 Å². The highest BCUT2D eigenvalue weighted by Gasteiger charge is 2.54. The van der Waals surface area contributed by atoms with Gasteiger partial charge in [-0.2, -0.15) is 0 Å². The highest BCUT2D eigenvalue weighted by molar-refractivity contribution is 6.11. The molecule has 1 unspecified atom stereocenters. The molecule has 0 heterocycles. The van der Waals surface area contributed by atoms with Crippen molar-refractivity contribution in [2.45, 2.75) is 5.41 Å². The van der Waals surface area contributed by atoms with E-state index < -0.39 is 5.41 Å². The maximum Gasteiger partial charge on any atom is 0.0747 e. The molecule has 1 spiro atoms. The Kier molecular flexibility index (Phi) is 8.11. The van der Waals surface area contributed by atoms with Gasteiger partial charge in [0, 0.05) is 33.9 Å². The molecule has 0 saturated carbocycles. The molecule has 0 saturated heterocycles. The molecule has 0 aromatic heterocycles. The van der Waals surface area contributed by atoms with E-state index in [1.54, 1.807) is 0 Å². The van der Waals surface area contributed by atoms with Crippen LogP contribution in [0.5, 0.6) is 0 Å². The predicted molar refractivity (Wildman–Crippen MR) is 255 cm³/mol. The second-order valence-corrected chi connectivity index (χ2v) is 16.0. The molecular formula is C59H40N2. The molecule has 0 fully saturated rings. The Hall–Kier alpha value is -7.94. The number of benzene rings is 10. The molecule has 0 amide bonds. The third-order valence-electron chi connectivity index (χ3n) is 12.8. The van der Waals surface area contributed by atoms with Gasteiger partial charge in [0.2, 0.25) is 0 Å². The first-order valence-electron chi connectivity index (χ1n) is 21.1. The van der Waals surface area contributed by atoms with Crippen molar-refractivity contribution >= 4 is 44.9 Å². The van der Waals surface area contributed by atoms with Crippen LogP contribution in [0.3, 0.4) is 0 Å². The molecule has 61 heavy (non-hydrogen) atoms. The number of rotatable bonds is 7. The Balaban J connectivity index is 1.19. The fourth-order valence-electron chi connectivity index (χ4n) is 10.4. The van der Waals surface area contributed by atoms with Crippen LogP contribution in [-0.2, 0) is 5.41 Å². The number of hydrogen-bond donors (Lipinski definition) is 0. The second kappa shape index (κ2) is 14.1. The SMILES string of the molecule is c1ccc(-c2ccc(N(c3ccccc3)c3cccc4c3-c3ccccc3C43c4ccccc4-c4c3c(N(c3ccccc3)c3ccccc3)cc3ccccc43)cc2)cc1. The molecule has 0 bridgehead atoms. The van der Waals surface area contributed by atoms with Gasteiger partial charge in [0.25, 0.3) is 0 Å². The van der Waals surface area contributed by atoms with E-state index in [2.05, 4.69) is 252 Å². The molecule has 10 aromatic rings. The average molecular weight is 777 g/mol. The number of para-hydroxylation sites is 3. The van der Waals surface area contributed by atoms with Gasteiger partial charge >= 0.3 is 0 Å². The summed E-state index contributed by atoms with van der Waals surface area (Å²) in [5.41, 5.74) is 18.8. The van der Waals surface area contributed by atoms with Gasteiger partial charge in [-0.1, -0.05) is 182 Å². The minimum Gasteiger partial charge on any atom is -0.310 e. The van der Waals surface area contributed by atoms with Gasteiger partial charge in [0.15, 0.2) is 0 Å². The van der Waals surface area contributed by atoms with Gasteiger partial charge in [-0.05, 0) is 116 Å². The van der Waals surface area contributed by atoms with E-state index >= 15 is 0 Å². The minimum absolute atomic E-state index is 0.630. The summed E-state index contributed by atoms with van der Waals surface area (Å²) in [5, 5.41) is 2.48. The van der Waals surface area contributed by atoms with E-state index in [0.717, 1.165) is 28.4 Å². The first-order chi connectivity index (χ1) is 30.3. The summed E-state index contributed by atoms with van der Waals surface area (Å²) in [6.07, 6.45) is 0. The predicted octanol–water partition coefficient (Wildman–Crippen LogP) is 15.8. The van der Waals surface area contributed by atoms with Gasteiger partial charge in [-0.25, -0.2) is 0 Å². The topological polar surface area (TPSA) is 6.48 Å². The van der Waals surface area contributed by atoms with Gasteiger partial charge in [-0.3, -0.25) is 0 Å². The van der Waals surface area contributed by atoms with Crippen LogP contribution < -0.4 is 9.80 Å². The first kappa shape index (κ1) is 35.0. The normalized spacial score (nSPS) is 14.3. The Labute approximate surface area is 356 Å². The molecule has 0 aliphatic heterocycles. The standard InChI is InChI=1S/C59H40N2/c1-5-20-41(21-6-1)42-36-38-47(39-37-42)60(44-23-7-2-8-24-44)54-35-19-34-53-57(54)50-31-16-18-33-52(50)59(53)51-32-17-15-30-49(51)56-48-29-14-13-22-43(48)40-55(58(56)59)61(45-25-9-3-10-26-45)46-27-11-4-12-28-46/h1-40H. The zero-order chi connectivity index (χ0) is 40.3. The molecule has 12 rings (SSSR count). The van der Waals surface area contributed by atoms with E-state index in [0.29, 0.717) is 0 Å². The van der Waals surface area contributed by atoms with Crippen molar-refractivity contribution in [3.63, 3.8) is 0 Å². The van der Waals surface area contributed by atoms with E-state index in [-0.39, 0.29) is 0 Å². The number of hydrogen-bond acceptors (Lipinski definition) is 2. The molecule has 0 N–H and O–H groups in total. The first-order valence-corrected chi connectivity index (χ1v) is 21.1. The largest absolute Gasteiger partial charge is 0.310 e. The molecule has 10 aromatic carbocycles. The van der Waals surface area contributed by atoms with E-state index in [4.69, 9.17) is 0 Å².